The molecule has 4 heterocycles. The van der Waals surface area contributed by atoms with Crippen molar-refractivity contribution in [2.45, 2.75) is 56.3 Å². The lowest BCUT2D eigenvalue weighted by atomic mass is 9.99. The van der Waals surface area contributed by atoms with Gasteiger partial charge >= 0.3 is 6.09 Å². The number of imidazole rings is 1. The lowest BCUT2D eigenvalue weighted by Crippen LogP contribution is -2.42. The van der Waals surface area contributed by atoms with Crippen LogP contribution in [0.5, 0.6) is 0 Å². The Balaban J connectivity index is 1.05. The summed E-state index contributed by atoms with van der Waals surface area (Å²) in [7, 11) is 2.67. The molecule has 278 valence electrons. The Kier molecular flexibility index (Phi) is 11.2. The van der Waals surface area contributed by atoms with Crippen molar-refractivity contribution in [2.75, 3.05) is 27.3 Å². The van der Waals surface area contributed by atoms with Gasteiger partial charge in [-0.3, -0.25) is 9.59 Å². The number of ether oxygens (including phenoxy) is 1. The van der Waals surface area contributed by atoms with Crippen molar-refractivity contribution >= 4 is 35.5 Å². The number of H-pyrrole nitrogens is 1. The van der Waals surface area contributed by atoms with E-state index >= 15 is 0 Å². The van der Waals surface area contributed by atoms with Gasteiger partial charge in [-0.1, -0.05) is 84.9 Å². The average molecular weight is 730 g/mol. The summed E-state index contributed by atoms with van der Waals surface area (Å²) < 4.78 is 4.83. The third kappa shape index (κ3) is 7.96. The molecule has 7 rings (SSSR count). The number of benzene rings is 3. The molecule has 3 aromatic carbocycles. The number of hydrogen-bond acceptors (Lipinski definition) is 9. The maximum Gasteiger partial charge on any atom is 0.407 e. The number of aromatic amines is 1. The van der Waals surface area contributed by atoms with E-state index in [-0.39, 0.29) is 23.9 Å². The first-order chi connectivity index (χ1) is 26.4. The standard InChI is InChI=1S/C41H43N7O6/c1-52-41(51)45-36(30-13-7-4-8-14-30)40(50)48-22-10-16-34(48)38-44-33-24-31(25-42-37(33)46-38)28-19-17-27(18-20-28)23-32-15-9-21-47(32)39(49)35(43-26-54-53-2)29-11-5-3-6-12-29/h3-8,11-14,17-20,24-26,32,34-36H,9-10,15-16,21-23H2,1-2H3,(H,45,51)(H,42,44,46)/b43-26-/t32-,34-,35+,36?/m0/s1. The smallest absolute Gasteiger partial charge is 0.407 e. The predicted octanol–water partition coefficient (Wildman–Crippen LogP) is 6.27. The summed E-state index contributed by atoms with van der Waals surface area (Å²) in [5, 5.41) is 2.71. The number of amides is 3. The molecular weight excluding hydrogens is 686 g/mol. The van der Waals surface area contributed by atoms with E-state index in [1.165, 1.54) is 20.6 Å². The Labute approximate surface area is 313 Å². The molecule has 0 bridgehead atoms. The van der Waals surface area contributed by atoms with Crippen molar-refractivity contribution in [3.05, 3.63) is 120 Å². The van der Waals surface area contributed by atoms with Crippen molar-refractivity contribution in [3.63, 3.8) is 0 Å². The van der Waals surface area contributed by atoms with Crippen LogP contribution in [-0.2, 0) is 30.5 Å². The third-order valence-corrected chi connectivity index (χ3v) is 10.2. The van der Waals surface area contributed by atoms with Crippen LogP contribution in [0.2, 0.25) is 0 Å². The van der Waals surface area contributed by atoms with Gasteiger partial charge in [-0.25, -0.2) is 19.8 Å². The minimum atomic E-state index is -0.893. The summed E-state index contributed by atoms with van der Waals surface area (Å²) in [6, 6.07) is 27.1. The zero-order valence-corrected chi connectivity index (χ0v) is 30.3. The number of hydrogen-bond donors (Lipinski definition) is 2. The number of nitrogens with zero attached hydrogens (tertiary/aromatic N) is 5. The SMILES string of the molecule is COO/C=N\[C@@H](C(=O)N1CCC[C@H]1Cc1ccc(-c2cnc3[nH]c([C@@H]4CCCN4C(=O)C(NC(=O)OC)c4ccccc4)nc3c2)cc1)c1ccccc1. The van der Waals surface area contributed by atoms with Crippen molar-refractivity contribution in [1.29, 1.82) is 0 Å². The van der Waals surface area contributed by atoms with Crippen LogP contribution in [0.3, 0.4) is 0 Å². The van der Waals surface area contributed by atoms with Gasteiger partial charge in [-0.15, -0.1) is 0 Å². The van der Waals surface area contributed by atoms with Crippen LogP contribution in [-0.4, -0.2) is 82.4 Å². The number of carbonyl (C=O) groups is 3. The first-order valence-electron chi connectivity index (χ1n) is 18.1. The molecule has 2 aliphatic rings. The lowest BCUT2D eigenvalue weighted by molar-refractivity contribution is -0.188. The molecule has 2 aliphatic heterocycles. The normalized spacial score (nSPS) is 18.2. The van der Waals surface area contributed by atoms with Gasteiger partial charge in [0.1, 0.15) is 17.4 Å². The predicted molar refractivity (Wildman–Crippen MR) is 202 cm³/mol. The number of aliphatic imine (C=N–C) groups is 1. The Morgan fingerprint density at radius 2 is 1.59 bits per heavy atom. The molecule has 1 unspecified atom stereocenters. The van der Waals surface area contributed by atoms with Crippen LogP contribution in [0, 0.1) is 0 Å². The van der Waals surface area contributed by atoms with Gasteiger partial charge in [0.15, 0.2) is 11.7 Å². The summed E-state index contributed by atoms with van der Waals surface area (Å²) in [5.41, 5.74) is 5.83. The van der Waals surface area contributed by atoms with Gasteiger partial charge < -0.3 is 29.7 Å². The van der Waals surface area contributed by atoms with Crippen molar-refractivity contribution in [3.8, 4) is 11.1 Å². The van der Waals surface area contributed by atoms with Crippen molar-refractivity contribution < 1.29 is 28.9 Å². The number of carbonyl (C=O) groups excluding carboxylic acids is 3. The summed E-state index contributed by atoms with van der Waals surface area (Å²) in [4.78, 5) is 70.5. The summed E-state index contributed by atoms with van der Waals surface area (Å²) >= 11 is 0. The highest BCUT2D eigenvalue weighted by molar-refractivity contribution is 5.88. The van der Waals surface area contributed by atoms with Gasteiger partial charge in [-0.2, -0.15) is 4.89 Å². The van der Waals surface area contributed by atoms with Crippen molar-refractivity contribution in [1.82, 2.24) is 30.1 Å². The van der Waals surface area contributed by atoms with E-state index < -0.39 is 18.2 Å². The molecule has 0 aliphatic carbocycles. The van der Waals surface area contributed by atoms with Crippen LogP contribution in [0.15, 0.2) is 102 Å². The third-order valence-electron chi connectivity index (χ3n) is 10.2. The van der Waals surface area contributed by atoms with E-state index in [4.69, 9.17) is 14.6 Å². The highest BCUT2D eigenvalue weighted by atomic mass is 17.2. The zero-order chi connectivity index (χ0) is 37.4. The van der Waals surface area contributed by atoms with Crippen LogP contribution >= 0.6 is 0 Å². The molecule has 0 saturated carbocycles. The number of pyridine rings is 1. The fourth-order valence-corrected chi connectivity index (χ4v) is 7.48. The Morgan fingerprint density at radius 3 is 2.31 bits per heavy atom. The van der Waals surface area contributed by atoms with E-state index in [0.29, 0.717) is 35.6 Å². The van der Waals surface area contributed by atoms with Gasteiger partial charge in [-0.05, 0) is 60.4 Å². The highest BCUT2D eigenvalue weighted by Gasteiger charge is 2.37. The van der Waals surface area contributed by atoms with E-state index in [9.17, 15) is 14.4 Å². The molecule has 0 spiro atoms. The first-order valence-corrected chi connectivity index (χ1v) is 18.1. The fourth-order valence-electron chi connectivity index (χ4n) is 7.48. The van der Waals surface area contributed by atoms with E-state index in [0.717, 1.165) is 54.4 Å². The number of fused-ring (bicyclic) bond motifs is 1. The molecule has 13 nitrogen and oxygen atoms in total. The first kappa shape index (κ1) is 36.3. The molecule has 13 heteroatoms. The molecule has 2 saturated heterocycles. The van der Waals surface area contributed by atoms with Crippen LogP contribution in [0.1, 0.15) is 66.3 Å². The lowest BCUT2D eigenvalue weighted by Gasteiger charge is -2.28. The average Bonchev–Trinajstić information content (AvgIpc) is 3.99. The molecule has 0 radical (unpaired) electrons. The number of rotatable bonds is 12. The maximum absolute atomic E-state index is 13.9. The van der Waals surface area contributed by atoms with Crippen molar-refractivity contribution in [2.24, 2.45) is 4.99 Å². The Hall–Kier alpha value is -6.08. The molecule has 3 amide bonds. The van der Waals surface area contributed by atoms with E-state index in [1.807, 2.05) is 77.8 Å². The second kappa shape index (κ2) is 16.7. The van der Waals surface area contributed by atoms with Crippen LogP contribution in [0.4, 0.5) is 4.79 Å². The molecule has 4 atom stereocenters. The largest absolute Gasteiger partial charge is 0.453 e. The quantitative estimate of drug-likeness (QED) is 0.0661. The van der Waals surface area contributed by atoms with Gasteiger partial charge in [0, 0.05) is 30.9 Å². The van der Waals surface area contributed by atoms with E-state index in [2.05, 4.69) is 49.4 Å². The monoisotopic (exact) mass is 729 g/mol. The minimum Gasteiger partial charge on any atom is -0.453 e. The van der Waals surface area contributed by atoms with Gasteiger partial charge in [0.05, 0.1) is 20.3 Å². The summed E-state index contributed by atoms with van der Waals surface area (Å²) in [6.07, 6.45) is 6.41. The Morgan fingerprint density at radius 1 is 0.889 bits per heavy atom. The Bertz CT molecular complexity index is 2090. The molecule has 2 aromatic heterocycles. The topological polar surface area (TPSA) is 151 Å². The highest BCUT2D eigenvalue weighted by Crippen LogP contribution is 2.35. The molecule has 2 N–H and O–H groups in total. The molecule has 54 heavy (non-hydrogen) atoms. The van der Waals surface area contributed by atoms with Crippen LogP contribution in [0.25, 0.3) is 22.3 Å². The number of likely N-dealkylation sites (tertiary alicyclic amines) is 2. The van der Waals surface area contributed by atoms with Gasteiger partial charge in [0.25, 0.3) is 11.8 Å². The van der Waals surface area contributed by atoms with Crippen LogP contribution < -0.4 is 5.32 Å². The molecular formula is C41H43N7O6. The fraction of sp³-hybridized carbons (Fsp3) is 0.317. The number of methoxy groups -OCH3 is 1. The van der Waals surface area contributed by atoms with E-state index in [1.54, 1.807) is 4.90 Å². The number of aromatic nitrogens is 3. The minimum absolute atomic E-state index is 0.0508. The maximum atomic E-state index is 13.9. The summed E-state index contributed by atoms with van der Waals surface area (Å²) in [6.45, 7) is 1.21. The van der Waals surface area contributed by atoms with Gasteiger partial charge in [0.2, 0.25) is 6.40 Å². The zero-order valence-electron chi connectivity index (χ0n) is 30.3. The summed E-state index contributed by atoms with van der Waals surface area (Å²) in [5.74, 6) is 0.366. The number of nitrogens with one attached hydrogen (secondary N) is 2. The second-order valence-corrected chi connectivity index (χ2v) is 13.4. The molecule has 2 fully saturated rings. The second-order valence-electron chi connectivity index (χ2n) is 13.4. The molecule has 5 aromatic rings. The number of alkyl carbamates (subject to hydrolysis) is 1.